The fourth-order valence-electron chi connectivity index (χ4n) is 4.78. The van der Waals surface area contributed by atoms with Crippen LogP contribution in [0, 0.1) is 11.6 Å². The van der Waals surface area contributed by atoms with Gasteiger partial charge in [-0.05, 0) is 75.4 Å². The van der Waals surface area contributed by atoms with Crippen LogP contribution in [0.3, 0.4) is 0 Å². The number of likely N-dealkylation sites (tertiary alicyclic amines) is 2. The molecule has 2 unspecified atom stereocenters. The summed E-state index contributed by atoms with van der Waals surface area (Å²) >= 11 is 5.93. The number of carbonyl (C=O) groups is 1. The Kier molecular flexibility index (Phi) is 7.33. The van der Waals surface area contributed by atoms with Crippen LogP contribution in [0.15, 0.2) is 47.4 Å². The van der Waals surface area contributed by atoms with E-state index < -0.39 is 27.7 Å². The third kappa shape index (κ3) is 5.00. The molecule has 2 aliphatic heterocycles. The molecule has 0 radical (unpaired) electrons. The molecule has 2 atom stereocenters. The van der Waals surface area contributed by atoms with Crippen LogP contribution in [-0.2, 0) is 10.0 Å². The number of benzene rings is 2. The normalized spacial score (nSPS) is 21.4. The molecule has 6 nitrogen and oxygen atoms in total. The lowest BCUT2D eigenvalue weighted by atomic mass is 10.0. The molecule has 2 amide bonds. The molecular weight excluding hydrogens is 484 g/mol. The van der Waals surface area contributed by atoms with Gasteiger partial charge < -0.3 is 9.80 Å². The number of sulfonamides is 1. The van der Waals surface area contributed by atoms with Gasteiger partial charge in [-0.3, -0.25) is 4.31 Å². The molecule has 0 aromatic heterocycles. The topological polar surface area (TPSA) is 60.9 Å². The smallest absolute Gasteiger partial charge is 0.320 e. The Bertz CT molecular complexity index is 1150. The molecular formula is C24H28ClF2N3O3S. The van der Waals surface area contributed by atoms with Gasteiger partial charge in [-0.2, -0.15) is 0 Å². The maximum Gasteiger partial charge on any atom is 0.320 e. The van der Waals surface area contributed by atoms with Crippen molar-refractivity contribution in [3.8, 4) is 0 Å². The molecule has 0 spiro atoms. The summed E-state index contributed by atoms with van der Waals surface area (Å²) in [4.78, 5) is 16.7. The number of hydrogen-bond acceptors (Lipinski definition) is 3. The molecule has 34 heavy (non-hydrogen) atoms. The zero-order chi connectivity index (χ0) is 24.5. The SMILES string of the molecule is CC1CCCCN1C(=O)N1CCCC(N(c2cc(F)ccc2F)S(=O)(=O)c2ccc(Cl)cc2)C1. The maximum atomic E-state index is 14.9. The highest BCUT2D eigenvalue weighted by atomic mass is 35.5. The Hall–Kier alpha value is -2.39. The number of rotatable bonds is 4. The summed E-state index contributed by atoms with van der Waals surface area (Å²) in [6.07, 6.45) is 3.87. The van der Waals surface area contributed by atoms with E-state index in [0.29, 0.717) is 31.0 Å². The van der Waals surface area contributed by atoms with Gasteiger partial charge in [0.25, 0.3) is 10.0 Å². The lowest BCUT2D eigenvalue weighted by molar-refractivity contribution is 0.110. The Labute approximate surface area is 204 Å². The number of anilines is 1. The fourth-order valence-corrected chi connectivity index (χ4v) is 6.58. The van der Waals surface area contributed by atoms with Gasteiger partial charge >= 0.3 is 6.03 Å². The molecule has 2 aromatic rings. The summed E-state index contributed by atoms with van der Waals surface area (Å²) in [7, 11) is -4.28. The van der Waals surface area contributed by atoms with Crippen molar-refractivity contribution in [3.63, 3.8) is 0 Å². The molecule has 2 aliphatic rings. The third-order valence-electron chi connectivity index (χ3n) is 6.56. The molecule has 2 aromatic carbocycles. The van der Waals surface area contributed by atoms with Crippen molar-refractivity contribution in [1.82, 2.24) is 9.80 Å². The lowest BCUT2D eigenvalue weighted by Crippen LogP contribution is -2.56. The van der Waals surface area contributed by atoms with Gasteiger partial charge in [0.2, 0.25) is 0 Å². The van der Waals surface area contributed by atoms with Crippen LogP contribution in [0.5, 0.6) is 0 Å². The van der Waals surface area contributed by atoms with Crippen molar-refractivity contribution in [2.45, 2.75) is 56.0 Å². The zero-order valence-electron chi connectivity index (χ0n) is 19.0. The van der Waals surface area contributed by atoms with Gasteiger partial charge in [0.15, 0.2) is 0 Å². The number of halogens is 3. The highest BCUT2D eigenvalue weighted by Crippen LogP contribution is 2.33. The van der Waals surface area contributed by atoms with E-state index in [1.54, 1.807) is 4.90 Å². The largest absolute Gasteiger partial charge is 0.323 e. The van der Waals surface area contributed by atoms with Gasteiger partial charge in [-0.25, -0.2) is 22.0 Å². The number of urea groups is 1. The van der Waals surface area contributed by atoms with E-state index in [1.807, 2.05) is 11.8 Å². The molecule has 4 rings (SSSR count). The van der Waals surface area contributed by atoms with E-state index in [9.17, 15) is 22.0 Å². The quantitative estimate of drug-likeness (QED) is 0.561. The first-order valence-corrected chi connectivity index (χ1v) is 13.3. The summed E-state index contributed by atoms with van der Waals surface area (Å²) in [6.45, 7) is 3.24. The number of piperidine rings is 2. The van der Waals surface area contributed by atoms with Crippen LogP contribution >= 0.6 is 11.6 Å². The van der Waals surface area contributed by atoms with E-state index in [2.05, 4.69) is 0 Å². The lowest BCUT2D eigenvalue weighted by Gasteiger charge is -2.43. The predicted molar refractivity (Wildman–Crippen MR) is 127 cm³/mol. The molecule has 0 aliphatic carbocycles. The van der Waals surface area contributed by atoms with E-state index in [1.165, 1.54) is 24.3 Å². The Morgan fingerprint density at radius 2 is 1.76 bits per heavy atom. The summed E-state index contributed by atoms with van der Waals surface area (Å²) in [5.41, 5.74) is -0.374. The maximum absolute atomic E-state index is 14.9. The summed E-state index contributed by atoms with van der Waals surface area (Å²) < 4.78 is 57.4. The van der Waals surface area contributed by atoms with E-state index in [-0.39, 0.29) is 29.2 Å². The second-order valence-corrected chi connectivity index (χ2v) is 11.2. The zero-order valence-corrected chi connectivity index (χ0v) is 20.5. The fraction of sp³-hybridized carbons (Fsp3) is 0.458. The number of amides is 2. The van der Waals surface area contributed by atoms with Crippen LogP contribution in [0.1, 0.15) is 39.0 Å². The van der Waals surface area contributed by atoms with E-state index in [4.69, 9.17) is 11.6 Å². The number of hydrogen-bond donors (Lipinski definition) is 0. The first-order chi connectivity index (χ1) is 16.2. The molecule has 0 N–H and O–H groups in total. The first-order valence-electron chi connectivity index (χ1n) is 11.5. The predicted octanol–water partition coefficient (Wildman–Crippen LogP) is 5.27. The highest BCUT2D eigenvalue weighted by molar-refractivity contribution is 7.92. The van der Waals surface area contributed by atoms with E-state index >= 15 is 0 Å². The number of carbonyl (C=O) groups excluding carboxylic acids is 1. The van der Waals surface area contributed by atoms with Crippen LogP contribution in [0.25, 0.3) is 0 Å². The molecule has 2 heterocycles. The molecule has 10 heteroatoms. The van der Waals surface area contributed by atoms with Gasteiger partial charge in [0.05, 0.1) is 16.6 Å². The van der Waals surface area contributed by atoms with Crippen LogP contribution in [0.4, 0.5) is 19.3 Å². The van der Waals surface area contributed by atoms with Crippen LogP contribution in [0.2, 0.25) is 5.02 Å². The van der Waals surface area contributed by atoms with Gasteiger partial charge in [-0.1, -0.05) is 11.6 Å². The highest BCUT2D eigenvalue weighted by Gasteiger charge is 2.39. The van der Waals surface area contributed by atoms with Crippen LogP contribution < -0.4 is 4.31 Å². The van der Waals surface area contributed by atoms with Gasteiger partial charge in [-0.15, -0.1) is 0 Å². The molecule has 2 saturated heterocycles. The third-order valence-corrected chi connectivity index (χ3v) is 8.70. The monoisotopic (exact) mass is 511 g/mol. The van der Waals surface area contributed by atoms with Gasteiger partial charge in [0, 0.05) is 36.8 Å². The number of nitrogens with zero attached hydrogens (tertiary/aromatic N) is 3. The second kappa shape index (κ2) is 10.1. The minimum absolute atomic E-state index is 0.0881. The first kappa shape index (κ1) is 24.7. The molecule has 0 bridgehead atoms. The van der Waals surface area contributed by atoms with E-state index in [0.717, 1.165) is 41.8 Å². The Morgan fingerprint density at radius 1 is 1.03 bits per heavy atom. The summed E-state index contributed by atoms with van der Waals surface area (Å²) in [5, 5.41) is 0.354. The molecule has 184 valence electrons. The minimum Gasteiger partial charge on any atom is -0.323 e. The average Bonchev–Trinajstić information content (AvgIpc) is 2.82. The summed E-state index contributed by atoms with van der Waals surface area (Å²) in [5.74, 6) is -1.61. The van der Waals surface area contributed by atoms with Crippen molar-refractivity contribution in [1.29, 1.82) is 0 Å². The van der Waals surface area contributed by atoms with Crippen molar-refractivity contribution >= 4 is 33.3 Å². The Morgan fingerprint density at radius 3 is 2.47 bits per heavy atom. The van der Waals surface area contributed by atoms with Crippen molar-refractivity contribution in [2.75, 3.05) is 23.9 Å². The van der Waals surface area contributed by atoms with Crippen molar-refractivity contribution in [2.24, 2.45) is 0 Å². The van der Waals surface area contributed by atoms with Crippen molar-refractivity contribution < 1.29 is 22.0 Å². The van der Waals surface area contributed by atoms with Gasteiger partial charge in [0.1, 0.15) is 11.6 Å². The molecule has 2 fully saturated rings. The molecule has 0 saturated carbocycles. The van der Waals surface area contributed by atoms with Crippen LogP contribution in [-0.4, -0.2) is 56.0 Å². The average molecular weight is 512 g/mol. The van der Waals surface area contributed by atoms with Crippen molar-refractivity contribution in [3.05, 3.63) is 59.1 Å². The summed E-state index contributed by atoms with van der Waals surface area (Å²) in [6, 6.07) is 7.50. The Balaban J connectivity index is 1.71. The second-order valence-electron chi connectivity index (χ2n) is 8.91. The minimum atomic E-state index is -4.28. The standard InChI is InChI=1S/C24H28ClF2N3O3S/c1-17-5-2-3-14-29(17)24(31)28-13-4-6-20(16-28)30(23-15-19(26)9-12-22(23)27)34(32,33)21-10-7-18(25)8-11-21/h7-12,15,17,20H,2-6,13-14,16H2,1H3.